The number of fused-ring (bicyclic) bond motifs is 1. The van der Waals surface area contributed by atoms with Gasteiger partial charge in [0.25, 0.3) is 5.91 Å². The number of rotatable bonds is 12. The predicted octanol–water partition coefficient (Wildman–Crippen LogP) is 0.341. The molecule has 0 fully saturated rings. The summed E-state index contributed by atoms with van der Waals surface area (Å²) in [5.41, 5.74) is 4.26. The van der Waals surface area contributed by atoms with Crippen molar-refractivity contribution in [2.45, 2.75) is 30.8 Å². The number of anilines is 1. The van der Waals surface area contributed by atoms with Crippen LogP contribution in [0.5, 0.6) is 0 Å². The van der Waals surface area contributed by atoms with Crippen molar-refractivity contribution >= 4 is 22.8 Å². The van der Waals surface area contributed by atoms with Crippen LogP contribution in [-0.4, -0.2) is 97.6 Å². The van der Waals surface area contributed by atoms with Crippen molar-refractivity contribution in [3.05, 3.63) is 77.6 Å². The molecule has 7 N–H and O–H groups in total. The maximum absolute atomic E-state index is 12.7. The van der Waals surface area contributed by atoms with E-state index >= 15 is 0 Å². The first kappa shape index (κ1) is 29.6. The van der Waals surface area contributed by atoms with Crippen molar-refractivity contribution < 1.29 is 30.3 Å². The van der Waals surface area contributed by atoms with E-state index in [4.69, 9.17) is 5.11 Å². The number of nitrogens with one attached hydrogen (secondary N) is 2. The average molecular weight is 561 g/mol. The summed E-state index contributed by atoms with van der Waals surface area (Å²) in [7, 11) is 1.59. The predicted molar refractivity (Wildman–Crippen MR) is 151 cm³/mol. The fourth-order valence-electron chi connectivity index (χ4n) is 4.36. The van der Waals surface area contributed by atoms with Gasteiger partial charge < -0.3 is 40.7 Å². The number of likely N-dealkylation sites (N-methyl/N-ethyl adjacent to an activating group) is 1. The van der Waals surface area contributed by atoms with Gasteiger partial charge in [0.2, 0.25) is 5.95 Å². The van der Waals surface area contributed by atoms with Crippen molar-refractivity contribution in [2.75, 3.05) is 31.6 Å². The zero-order valence-corrected chi connectivity index (χ0v) is 22.3. The second-order valence-corrected chi connectivity index (χ2v) is 9.70. The van der Waals surface area contributed by atoms with Gasteiger partial charge in [-0.3, -0.25) is 4.79 Å². The van der Waals surface area contributed by atoms with Gasteiger partial charge in [-0.05, 0) is 42.3 Å². The van der Waals surface area contributed by atoms with Crippen LogP contribution in [0.2, 0.25) is 0 Å². The average Bonchev–Trinajstić information content (AvgIpc) is 3.42. The lowest BCUT2D eigenvalue weighted by Gasteiger charge is -2.28. The van der Waals surface area contributed by atoms with Gasteiger partial charge in [-0.25, -0.2) is 9.97 Å². The minimum Gasteiger partial charge on any atom is -0.394 e. The molecule has 2 heterocycles. The number of nitriles is 1. The molecule has 0 saturated carbocycles. The molecule has 2 aromatic heterocycles. The van der Waals surface area contributed by atoms with Gasteiger partial charge in [-0.2, -0.15) is 5.26 Å². The second-order valence-electron chi connectivity index (χ2n) is 9.70. The van der Waals surface area contributed by atoms with E-state index in [0.717, 1.165) is 22.0 Å². The smallest absolute Gasteiger partial charge is 0.251 e. The highest BCUT2D eigenvalue weighted by molar-refractivity contribution is 5.94. The SMILES string of the molecule is CN(C[C@H](O)[C@@H](O)[C@@H](O)[C@H](O)CO)c1nccc(-c2ccc(C(=O)NCCc3ccc4[nH]cc(C#N)c4c3)cc2)n1. The molecule has 0 unspecified atom stereocenters. The molecule has 0 spiro atoms. The molecule has 0 aliphatic rings. The minimum atomic E-state index is -1.72. The van der Waals surface area contributed by atoms with Gasteiger partial charge >= 0.3 is 0 Å². The molecule has 0 radical (unpaired) electrons. The Kier molecular flexibility index (Phi) is 9.61. The van der Waals surface area contributed by atoms with Gasteiger partial charge in [0.05, 0.1) is 17.9 Å². The zero-order valence-electron chi connectivity index (χ0n) is 22.3. The number of hydrogen-bond acceptors (Lipinski definition) is 10. The Balaban J connectivity index is 1.34. The lowest BCUT2D eigenvalue weighted by atomic mass is 10.0. The molecule has 12 nitrogen and oxygen atoms in total. The van der Waals surface area contributed by atoms with E-state index in [0.29, 0.717) is 29.8 Å². The third-order valence-electron chi connectivity index (χ3n) is 6.78. The first-order valence-electron chi connectivity index (χ1n) is 13.0. The number of hydrogen-bond donors (Lipinski definition) is 7. The molecule has 2 aromatic carbocycles. The summed E-state index contributed by atoms with van der Waals surface area (Å²) >= 11 is 0. The van der Waals surface area contributed by atoms with Gasteiger partial charge in [-0.15, -0.1) is 0 Å². The molecule has 214 valence electrons. The fourth-order valence-corrected chi connectivity index (χ4v) is 4.36. The molecule has 0 aliphatic carbocycles. The van der Waals surface area contributed by atoms with Gasteiger partial charge in [0.1, 0.15) is 30.5 Å². The number of H-pyrrole nitrogens is 1. The van der Waals surface area contributed by atoms with E-state index < -0.39 is 31.0 Å². The summed E-state index contributed by atoms with van der Waals surface area (Å²) in [5, 5.41) is 61.6. The molecule has 4 aromatic rings. The summed E-state index contributed by atoms with van der Waals surface area (Å²) in [4.78, 5) is 25.9. The Hall–Kier alpha value is -4.38. The number of aromatic nitrogens is 3. The molecule has 0 saturated heterocycles. The number of carbonyl (C=O) groups is 1. The maximum Gasteiger partial charge on any atom is 0.251 e. The summed E-state index contributed by atoms with van der Waals surface area (Å²) in [5.74, 6) is 0.0219. The van der Waals surface area contributed by atoms with E-state index in [1.54, 1.807) is 43.6 Å². The molecule has 4 atom stereocenters. The monoisotopic (exact) mass is 560 g/mol. The molecular weight excluding hydrogens is 528 g/mol. The van der Waals surface area contributed by atoms with Gasteiger partial charge in [0.15, 0.2) is 0 Å². The Morgan fingerprint density at radius 2 is 1.80 bits per heavy atom. The quantitative estimate of drug-likeness (QED) is 0.127. The van der Waals surface area contributed by atoms with Crippen molar-refractivity contribution in [1.82, 2.24) is 20.3 Å². The first-order chi connectivity index (χ1) is 19.7. The maximum atomic E-state index is 12.7. The van der Waals surface area contributed by atoms with E-state index in [1.165, 1.54) is 11.1 Å². The lowest BCUT2D eigenvalue weighted by molar-refractivity contribution is -0.112. The number of nitrogens with zero attached hydrogens (tertiary/aromatic N) is 4. The van der Waals surface area contributed by atoms with Crippen LogP contribution in [0.4, 0.5) is 5.95 Å². The summed E-state index contributed by atoms with van der Waals surface area (Å²) in [6.07, 6.45) is -2.64. The van der Waals surface area contributed by atoms with E-state index in [-0.39, 0.29) is 18.4 Å². The van der Waals surface area contributed by atoms with Crippen LogP contribution < -0.4 is 10.2 Å². The van der Waals surface area contributed by atoms with Crippen molar-refractivity contribution in [3.8, 4) is 17.3 Å². The number of aliphatic hydroxyl groups is 5. The molecule has 0 bridgehead atoms. The standard InChI is InChI=1S/C29H32N6O6/c1-35(15-24(37)26(39)27(40)25(38)16-36)29-32-11-9-22(34-29)18-3-5-19(6-4-18)28(41)31-10-8-17-2-7-23-21(12-17)20(13-30)14-33-23/h2-7,9,11-12,14,24-27,33,36-40H,8,10,15-16H2,1H3,(H,31,41)/t24-,25+,26+,27-/m0/s1. The van der Waals surface area contributed by atoms with Crippen LogP contribution in [0.1, 0.15) is 21.5 Å². The van der Waals surface area contributed by atoms with Gasteiger partial charge in [-0.1, -0.05) is 18.2 Å². The van der Waals surface area contributed by atoms with E-state index in [2.05, 4.69) is 26.3 Å². The van der Waals surface area contributed by atoms with Gasteiger partial charge in [0, 0.05) is 54.6 Å². The van der Waals surface area contributed by atoms with Crippen LogP contribution in [0.15, 0.2) is 60.9 Å². The van der Waals surface area contributed by atoms with Crippen LogP contribution in [-0.2, 0) is 6.42 Å². The molecular formula is C29H32N6O6. The number of amides is 1. The third-order valence-corrected chi connectivity index (χ3v) is 6.78. The van der Waals surface area contributed by atoms with Crippen LogP contribution >= 0.6 is 0 Å². The van der Waals surface area contributed by atoms with Crippen molar-refractivity contribution in [1.29, 1.82) is 5.26 Å². The molecule has 0 aliphatic heterocycles. The fraction of sp³-hybridized carbons (Fsp3) is 0.310. The second kappa shape index (κ2) is 13.3. The third kappa shape index (κ3) is 7.04. The highest BCUT2D eigenvalue weighted by Crippen LogP contribution is 2.21. The Morgan fingerprint density at radius 3 is 2.51 bits per heavy atom. The van der Waals surface area contributed by atoms with Crippen LogP contribution in [0.3, 0.4) is 0 Å². The Morgan fingerprint density at radius 1 is 1.07 bits per heavy atom. The molecule has 4 rings (SSSR count). The summed E-state index contributed by atoms with van der Waals surface area (Å²) in [6, 6.07) is 16.6. The highest BCUT2D eigenvalue weighted by Gasteiger charge is 2.31. The number of benzene rings is 2. The zero-order chi connectivity index (χ0) is 29.5. The van der Waals surface area contributed by atoms with E-state index in [9.17, 15) is 30.5 Å². The number of carbonyl (C=O) groups excluding carboxylic acids is 1. The largest absolute Gasteiger partial charge is 0.394 e. The highest BCUT2D eigenvalue weighted by atomic mass is 16.4. The summed E-state index contributed by atoms with van der Waals surface area (Å²) in [6.45, 7) is -0.490. The normalized spacial score (nSPS) is 14.2. The molecule has 41 heavy (non-hydrogen) atoms. The van der Waals surface area contributed by atoms with Crippen LogP contribution in [0, 0.1) is 11.3 Å². The minimum absolute atomic E-state index is 0.155. The lowest BCUT2D eigenvalue weighted by Crippen LogP contribution is -2.49. The Labute approximate surface area is 236 Å². The van der Waals surface area contributed by atoms with Crippen molar-refractivity contribution in [2.24, 2.45) is 0 Å². The first-order valence-corrected chi connectivity index (χ1v) is 13.0. The Bertz CT molecular complexity index is 1520. The molecule has 12 heteroatoms. The number of aromatic amines is 1. The van der Waals surface area contributed by atoms with E-state index in [1.807, 2.05) is 18.2 Å². The van der Waals surface area contributed by atoms with Crippen LogP contribution in [0.25, 0.3) is 22.2 Å². The molecule has 1 amide bonds. The topological polar surface area (TPSA) is 199 Å². The van der Waals surface area contributed by atoms with Crippen molar-refractivity contribution in [3.63, 3.8) is 0 Å². The number of aliphatic hydroxyl groups excluding tert-OH is 5. The summed E-state index contributed by atoms with van der Waals surface area (Å²) < 4.78 is 0.